The smallest absolute Gasteiger partial charge is 0.212 e. The summed E-state index contributed by atoms with van der Waals surface area (Å²) in [5.74, 6) is 0.726. The molecule has 1 N–H and O–H groups in total. The topological polar surface area (TPSA) is 59.1 Å². The maximum Gasteiger partial charge on any atom is 0.212 e. The Morgan fingerprint density at radius 3 is 2.63 bits per heavy atom. The molecule has 1 atom stereocenters. The third-order valence-corrected chi connectivity index (χ3v) is 4.53. The SMILES string of the molecule is CC(C)C(CCCl)NS(=O)(=O)CCc1ccccn1. The van der Waals surface area contributed by atoms with Crippen molar-refractivity contribution >= 4 is 21.6 Å². The van der Waals surface area contributed by atoms with Crippen LogP contribution in [0.1, 0.15) is 26.0 Å². The van der Waals surface area contributed by atoms with Gasteiger partial charge in [-0.05, 0) is 24.5 Å². The molecule has 108 valence electrons. The summed E-state index contributed by atoms with van der Waals surface area (Å²) in [4.78, 5) is 4.12. The van der Waals surface area contributed by atoms with E-state index in [0.717, 1.165) is 5.69 Å². The monoisotopic (exact) mass is 304 g/mol. The van der Waals surface area contributed by atoms with E-state index in [2.05, 4.69) is 9.71 Å². The Labute approximate surface area is 120 Å². The normalized spacial score (nSPS) is 13.7. The molecule has 0 saturated carbocycles. The van der Waals surface area contributed by atoms with Crippen molar-refractivity contribution in [2.24, 2.45) is 5.92 Å². The van der Waals surface area contributed by atoms with Crippen molar-refractivity contribution in [2.45, 2.75) is 32.7 Å². The molecule has 0 fully saturated rings. The van der Waals surface area contributed by atoms with E-state index in [1.807, 2.05) is 32.0 Å². The van der Waals surface area contributed by atoms with Crippen LogP contribution in [0.4, 0.5) is 0 Å². The summed E-state index contributed by atoms with van der Waals surface area (Å²) in [6, 6.07) is 5.39. The van der Waals surface area contributed by atoms with Crippen molar-refractivity contribution in [2.75, 3.05) is 11.6 Å². The summed E-state index contributed by atoms with van der Waals surface area (Å²) in [7, 11) is -3.29. The Morgan fingerprint density at radius 2 is 2.11 bits per heavy atom. The quantitative estimate of drug-likeness (QED) is 0.749. The van der Waals surface area contributed by atoms with Crippen molar-refractivity contribution in [3.8, 4) is 0 Å². The second-order valence-corrected chi connectivity index (χ2v) is 7.09. The van der Waals surface area contributed by atoms with Gasteiger partial charge in [-0.15, -0.1) is 11.6 Å². The molecule has 1 rings (SSSR count). The molecule has 0 radical (unpaired) electrons. The molecule has 0 bridgehead atoms. The van der Waals surface area contributed by atoms with Gasteiger partial charge in [0.15, 0.2) is 0 Å². The van der Waals surface area contributed by atoms with Crippen molar-refractivity contribution in [3.05, 3.63) is 30.1 Å². The molecule has 0 aliphatic rings. The van der Waals surface area contributed by atoms with E-state index in [1.165, 1.54) is 0 Å². The predicted molar refractivity (Wildman–Crippen MR) is 78.8 cm³/mol. The minimum atomic E-state index is -3.29. The van der Waals surface area contributed by atoms with Gasteiger partial charge in [0.1, 0.15) is 0 Å². The van der Waals surface area contributed by atoms with E-state index in [1.54, 1.807) is 6.20 Å². The van der Waals surface area contributed by atoms with E-state index < -0.39 is 10.0 Å². The number of hydrogen-bond donors (Lipinski definition) is 1. The van der Waals surface area contributed by atoms with Crippen molar-refractivity contribution in [1.82, 2.24) is 9.71 Å². The van der Waals surface area contributed by atoms with Crippen LogP contribution < -0.4 is 4.72 Å². The first-order valence-electron chi connectivity index (χ1n) is 6.40. The summed E-state index contributed by atoms with van der Waals surface area (Å²) in [6.45, 7) is 3.97. The van der Waals surface area contributed by atoms with Gasteiger partial charge < -0.3 is 0 Å². The molecule has 0 aromatic carbocycles. The highest BCUT2D eigenvalue weighted by molar-refractivity contribution is 7.89. The lowest BCUT2D eigenvalue weighted by molar-refractivity contribution is 0.439. The fourth-order valence-electron chi connectivity index (χ4n) is 1.72. The van der Waals surface area contributed by atoms with Gasteiger partial charge in [-0.2, -0.15) is 0 Å². The van der Waals surface area contributed by atoms with Gasteiger partial charge in [-0.1, -0.05) is 19.9 Å². The van der Waals surface area contributed by atoms with Gasteiger partial charge in [-0.3, -0.25) is 4.98 Å². The molecule has 0 saturated heterocycles. The Kier molecular flexibility index (Phi) is 6.75. The molecule has 0 aliphatic carbocycles. The lowest BCUT2D eigenvalue weighted by Gasteiger charge is -2.21. The first-order chi connectivity index (χ1) is 8.94. The number of sulfonamides is 1. The Bertz CT molecular complexity index is 463. The molecule has 1 unspecified atom stereocenters. The van der Waals surface area contributed by atoms with Gasteiger partial charge in [-0.25, -0.2) is 13.1 Å². The molecule has 1 heterocycles. The van der Waals surface area contributed by atoms with E-state index >= 15 is 0 Å². The van der Waals surface area contributed by atoms with Crippen LogP contribution >= 0.6 is 11.6 Å². The average Bonchev–Trinajstić information content (AvgIpc) is 2.37. The minimum Gasteiger partial charge on any atom is -0.261 e. The zero-order chi connectivity index (χ0) is 14.3. The van der Waals surface area contributed by atoms with Gasteiger partial charge >= 0.3 is 0 Å². The van der Waals surface area contributed by atoms with Gasteiger partial charge in [0.05, 0.1) is 5.75 Å². The molecular formula is C13H21ClN2O2S. The zero-order valence-corrected chi connectivity index (χ0v) is 12.9. The van der Waals surface area contributed by atoms with Gasteiger partial charge in [0.25, 0.3) is 0 Å². The summed E-state index contributed by atoms with van der Waals surface area (Å²) < 4.78 is 26.7. The predicted octanol–water partition coefficient (Wildman–Crippen LogP) is 2.20. The third-order valence-electron chi connectivity index (χ3n) is 2.91. The fourth-order valence-corrected chi connectivity index (χ4v) is 3.40. The number of hydrogen-bond acceptors (Lipinski definition) is 3. The highest BCUT2D eigenvalue weighted by atomic mass is 35.5. The van der Waals surface area contributed by atoms with E-state index in [9.17, 15) is 8.42 Å². The van der Waals surface area contributed by atoms with Gasteiger partial charge in [0, 0.05) is 30.2 Å². The van der Waals surface area contributed by atoms with Crippen LogP contribution in [0.2, 0.25) is 0 Å². The second kappa shape index (κ2) is 7.82. The number of alkyl halides is 1. The standard InChI is InChI=1S/C13H21ClN2O2S/c1-11(2)13(6-8-14)16-19(17,18)10-7-12-5-3-4-9-15-12/h3-5,9,11,13,16H,6-8,10H2,1-2H3. The highest BCUT2D eigenvalue weighted by Crippen LogP contribution is 2.09. The molecule has 4 nitrogen and oxygen atoms in total. The summed E-state index contributed by atoms with van der Waals surface area (Å²) in [6.07, 6.45) is 2.73. The van der Waals surface area contributed by atoms with E-state index in [4.69, 9.17) is 11.6 Å². The molecule has 0 spiro atoms. The summed E-state index contributed by atoms with van der Waals surface area (Å²) in [5, 5.41) is 0. The van der Waals surface area contributed by atoms with Crippen LogP contribution in [0.15, 0.2) is 24.4 Å². The average molecular weight is 305 g/mol. The van der Waals surface area contributed by atoms with Crippen molar-refractivity contribution < 1.29 is 8.42 Å². The third kappa shape index (κ3) is 6.36. The lowest BCUT2D eigenvalue weighted by atomic mass is 10.0. The van der Waals surface area contributed by atoms with Crippen LogP contribution in [0, 0.1) is 5.92 Å². The summed E-state index contributed by atoms with van der Waals surface area (Å²) >= 11 is 5.70. The van der Waals surface area contributed by atoms with Crippen LogP contribution in [0.5, 0.6) is 0 Å². The van der Waals surface area contributed by atoms with Crippen LogP contribution in [-0.2, 0) is 16.4 Å². The molecular weight excluding hydrogens is 284 g/mol. The largest absolute Gasteiger partial charge is 0.261 e. The first-order valence-corrected chi connectivity index (χ1v) is 8.59. The molecule has 6 heteroatoms. The number of halogens is 1. The number of nitrogens with zero attached hydrogens (tertiary/aromatic N) is 1. The van der Waals surface area contributed by atoms with E-state index in [-0.39, 0.29) is 17.7 Å². The Hall–Kier alpha value is -0.650. The molecule has 1 aromatic rings. The van der Waals surface area contributed by atoms with Crippen LogP contribution in [-0.4, -0.2) is 31.1 Å². The number of rotatable bonds is 8. The zero-order valence-electron chi connectivity index (χ0n) is 11.3. The minimum absolute atomic E-state index is 0.0511. The van der Waals surface area contributed by atoms with Crippen LogP contribution in [0.25, 0.3) is 0 Å². The maximum atomic E-state index is 12.0. The number of aromatic nitrogens is 1. The van der Waals surface area contributed by atoms with Crippen molar-refractivity contribution in [3.63, 3.8) is 0 Å². The Morgan fingerprint density at radius 1 is 1.37 bits per heavy atom. The second-order valence-electron chi connectivity index (χ2n) is 4.84. The number of aryl methyl sites for hydroxylation is 1. The number of pyridine rings is 1. The fraction of sp³-hybridized carbons (Fsp3) is 0.615. The molecule has 0 aliphatic heterocycles. The lowest BCUT2D eigenvalue weighted by Crippen LogP contribution is -2.40. The molecule has 1 aromatic heterocycles. The Balaban J connectivity index is 2.56. The van der Waals surface area contributed by atoms with Crippen LogP contribution in [0.3, 0.4) is 0 Å². The van der Waals surface area contributed by atoms with Gasteiger partial charge in [0.2, 0.25) is 10.0 Å². The molecule has 19 heavy (non-hydrogen) atoms. The highest BCUT2D eigenvalue weighted by Gasteiger charge is 2.20. The first kappa shape index (κ1) is 16.4. The number of nitrogens with one attached hydrogen (secondary N) is 1. The van der Waals surface area contributed by atoms with Crippen molar-refractivity contribution in [1.29, 1.82) is 0 Å². The molecule has 0 amide bonds. The summed E-state index contributed by atoms with van der Waals surface area (Å²) in [5.41, 5.74) is 0.784. The van der Waals surface area contributed by atoms with E-state index in [0.29, 0.717) is 18.7 Å². The maximum absolute atomic E-state index is 12.0.